The molecule has 1 saturated carbocycles. The number of hydrogen-bond acceptors (Lipinski definition) is 2. The highest BCUT2D eigenvalue weighted by Crippen LogP contribution is 2.41. The quantitative estimate of drug-likeness (QED) is 0.636. The SMILES string of the molecule is CC1C(Cl)CCC1c1ccsn1. The topological polar surface area (TPSA) is 12.9 Å². The summed E-state index contributed by atoms with van der Waals surface area (Å²) in [5.74, 6) is 1.20. The highest BCUT2D eigenvalue weighted by Gasteiger charge is 2.33. The largest absolute Gasteiger partial charge is 0.197 e. The minimum atomic E-state index is 0.358. The Bertz CT molecular complexity index is 247. The van der Waals surface area contributed by atoms with Crippen LogP contribution in [0.25, 0.3) is 0 Å². The fraction of sp³-hybridized carbons (Fsp3) is 0.667. The maximum atomic E-state index is 6.15. The van der Waals surface area contributed by atoms with Gasteiger partial charge in [0.05, 0.1) is 5.69 Å². The van der Waals surface area contributed by atoms with Gasteiger partial charge in [-0.1, -0.05) is 6.92 Å². The molecule has 1 aliphatic rings. The van der Waals surface area contributed by atoms with Gasteiger partial charge in [-0.2, -0.15) is 4.37 Å². The molecule has 0 amide bonds. The Hall–Kier alpha value is -0.0800. The van der Waals surface area contributed by atoms with E-state index >= 15 is 0 Å². The van der Waals surface area contributed by atoms with Gasteiger partial charge in [-0.15, -0.1) is 11.6 Å². The maximum absolute atomic E-state index is 6.15. The molecule has 12 heavy (non-hydrogen) atoms. The molecule has 0 aliphatic heterocycles. The number of nitrogens with zero attached hydrogens (tertiary/aromatic N) is 1. The molecule has 0 aromatic carbocycles. The summed E-state index contributed by atoms with van der Waals surface area (Å²) < 4.78 is 4.37. The highest BCUT2D eigenvalue weighted by molar-refractivity contribution is 7.03. The molecule has 66 valence electrons. The Labute approximate surface area is 81.9 Å². The van der Waals surface area contributed by atoms with E-state index in [9.17, 15) is 0 Å². The second-order valence-electron chi connectivity index (χ2n) is 3.48. The summed E-state index contributed by atoms with van der Waals surface area (Å²) in [7, 11) is 0. The molecule has 2 rings (SSSR count). The first-order valence-electron chi connectivity index (χ1n) is 4.33. The van der Waals surface area contributed by atoms with E-state index in [0.29, 0.717) is 17.2 Å². The second-order valence-corrected chi connectivity index (χ2v) is 4.71. The van der Waals surface area contributed by atoms with Crippen LogP contribution in [0, 0.1) is 5.92 Å². The Balaban J connectivity index is 2.16. The minimum absolute atomic E-state index is 0.358. The zero-order chi connectivity index (χ0) is 8.55. The lowest BCUT2D eigenvalue weighted by atomic mass is 9.95. The fourth-order valence-corrected chi connectivity index (χ4v) is 2.83. The van der Waals surface area contributed by atoms with Crippen molar-refractivity contribution in [3.8, 4) is 0 Å². The summed E-state index contributed by atoms with van der Waals surface area (Å²) in [4.78, 5) is 0. The van der Waals surface area contributed by atoms with Crippen molar-refractivity contribution in [2.75, 3.05) is 0 Å². The van der Waals surface area contributed by atoms with Crippen molar-refractivity contribution in [1.29, 1.82) is 0 Å². The van der Waals surface area contributed by atoms with E-state index in [1.807, 2.05) is 5.38 Å². The smallest absolute Gasteiger partial charge is 0.0576 e. The van der Waals surface area contributed by atoms with Gasteiger partial charge in [0, 0.05) is 16.7 Å². The van der Waals surface area contributed by atoms with Crippen LogP contribution in [-0.4, -0.2) is 9.75 Å². The molecule has 3 unspecified atom stereocenters. The van der Waals surface area contributed by atoms with E-state index in [2.05, 4.69) is 17.4 Å². The molecule has 0 saturated heterocycles. The number of alkyl halides is 1. The molecule has 0 spiro atoms. The average molecular weight is 202 g/mol. The van der Waals surface area contributed by atoms with Crippen LogP contribution in [0.4, 0.5) is 0 Å². The van der Waals surface area contributed by atoms with E-state index in [0.717, 1.165) is 6.42 Å². The Morgan fingerprint density at radius 2 is 2.42 bits per heavy atom. The van der Waals surface area contributed by atoms with Crippen molar-refractivity contribution < 1.29 is 0 Å². The molecule has 1 heterocycles. The molecule has 0 bridgehead atoms. The van der Waals surface area contributed by atoms with Gasteiger partial charge in [-0.3, -0.25) is 0 Å². The summed E-state index contributed by atoms with van der Waals surface area (Å²) in [6.45, 7) is 2.23. The van der Waals surface area contributed by atoms with Crippen molar-refractivity contribution in [1.82, 2.24) is 4.37 Å². The van der Waals surface area contributed by atoms with Crippen LogP contribution in [0.5, 0.6) is 0 Å². The van der Waals surface area contributed by atoms with Crippen molar-refractivity contribution in [3.05, 3.63) is 17.1 Å². The van der Waals surface area contributed by atoms with E-state index in [4.69, 9.17) is 11.6 Å². The van der Waals surface area contributed by atoms with Crippen molar-refractivity contribution in [2.45, 2.75) is 31.1 Å². The van der Waals surface area contributed by atoms with Crippen molar-refractivity contribution in [2.24, 2.45) is 5.92 Å². The van der Waals surface area contributed by atoms with E-state index in [1.54, 1.807) is 0 Å². The second kappa shape index (κ2) is 3.35. The predicted octanol–water partition coefficient (Wildman–Crippen LogP) is 3.26. The van der Waals surface area contributed by atoms with Gasteiger partial charge in [0.25, 0.3) is 0 Å². The van der Waals surface area contributed by atoms with E-state index < -0.39 is 0 Å². The molecule has 3 atom stereocenters. The van der Waals surface area contributed by atoms with Crippen LogP contribution in [-0.2, 0) is 0 Å². The van der Waals surface area contributed by atoms with E-state index in [-0.39, 0.29) is 0 Å². The van der Waals surface area contributed by atoms with Crippen LogP contribution >= 0.6 is 23.1 Å². The first-order valence-corrected chi connectivity index (χ1v) is 5.60. The molecule has 0 radical (unpaired) electrons. The lowest BCUT2D eigenvalue weighted by molar-refractivity contribution is 0.530. The van der Waals surface area contributed by atoms with Crippen LogP contribution in [0.3, 0.4) is 0 Å². The molecule has 1 aromatic rings. The van der Waals surface area contributed by atoms with Crippen molar-refractivity contribution >= 4 is 23.1 Å². The monoisotopic (exact) mass is 201 g/mol. The predicted molar refractivity (Wildman–Crippen MR) is 52.9 cm³/mol. The number of rotatable bonds is 1. The minimum Gasteiger partial charge on any atom is -0.197 e. The average Bonchev–Trinajstić information content (AvgIpc) is 2.64. The van der Waals surface area contributed by atoms with Gasteiger partial charge >= 0.3 is 0 Å². The van der Waals surface area contributed by atoms with Crippen LogP contribution in [0.15, 0.2) is 11.4 Å². The van der Waals surface area contributed by atoms with Gasteiger partial charge in [-0.25, -0.2) is 0 Å². The maximum Gasteiger partial charge on any atom is 0.0576 e. The van der Waals surface area contributed by atoms with Gasteiger partial charge < -0.3 is 0 Å². The molecular weight excluding hydrogens is 190 g/mol. The third-order valence-electron chi connectivity index (χ3n) is 2.80. The molecule has 0 N–H and O–H groups in total. The van der Waals surface area contributed by atoms with Crippen LogP contribution < -0.4 is 0 Å². The zero-order valence-corrected chi connectivity index (χ0v) is 8.61. The van der Waals surface area contributed by atoms with E-state index in [1.165, 1.54) is 23.6 Å². The van der Waals surface area contributed by atoms with Gasteiger partial charge in [0.15, 0.2) is 0 Å². The third-order valence-corrected chi connectivity index (χ3v) is 3.99. The Kier molecular flexibility index (Phi) is 2.37. The molecule has 1 aliphatic carbocycles. The first kappa shape index (κ1) is 8.52. The fourth-order valence-electron chi connectivity index (χ4n) is 1.95. The summed E-state index contributed by atoms with van der Waals surface area (Å²) in [5.41, 5.74) is 1.25. The molecule has 1 fully saturated rings. The molecular formula is C9H12ClNS. The van der Waals surface area contributed by atoms with Gasteiger partial charge in [-0.05, 0) is 36.4 Å². The highest BCUT2D eigenvalue weighted by atomic mass is 35.5. The molecule has 1 aromatic heterocycles. The summed E-state index contributed by atoms with van der Waals surface area (Å²) in [5, 5.41) is 2.40. The lowest BCUT2D eigenvalue weighted by Gasteiger charge is -2.14. The molecule has 1 nitrogen and oxygen atoms in total. The van der Waals surface area contributed by atoms with Gasteiger partial charge in [0.2, 0.25) is 0 Å². The Morgan fingerprint density at radius 1 is 1.58 bits per heavy atom. The summed E-state index contributed by atoms with van der Waals surface area (Å²) in [6.07, 6.45) is 2.35. The first-order chi connectivity index (χ1) is 5.79. The number of hydrogen-bond donors (Lipinski definition) is 0. The summed E-state index contributed by atoms with van der Waals surface area (Å²) in [6, 6.07) is 2.13. The Morgan fingerprint density at radius 3 is 2.92 bits per heavy atom. The van der Waals surface area contributed by atoms with Crippen LogP contribution in [0.1, 0.15) is 31.4 Å². The third kappa shape index (κ3) is 1.38. The zero-order valence-electron chi connectivity index (χ0n) is 7.03. The summed E-state index contributed by atoms with van der Waals surface area (Å²) >= 11 is 7.69. The standard InChI is InChI=1S/C9H12ClNS/c1-6-7(2-3-8(6)10)9-4-5-12-11-9/h4-8H,2-3H2,1H3. The van der Waals surface area contributed by atoms with Crippen molar-refractivity contribution in [3.63, 3.8) is 0 Å². The molecule has 3 heteroatoms. The number of halogens is 1. The normalized spacial score (nSPS) is 35.7. The van der Waals surface area contributed by atoms with Crippen LogP contribution in [0.2, 0.25) is 0 Å². The number of aromatic nitrogens is 1. The van der Waals surface area contributed by atoms with Gasteiger partial charge in [0.1, 0.15) is 0 Å². The lowest BCUT2D eigenvalue weighted by Crippen LogP contribution is -2.09.